The molecule has 1 amide bonds. The Morgan fingerprint density at radius 1 is 1.25 bits per heavy atom. The average molecular weight is 277 g/mol. The standard InChI is InChI=1S/C16H27N3O/c1-6-13-9-12(10-14(19-13)17-8-3)15(20)18-11-16(4,5)7-2/h9-10H,6-8,11H2,1-5H3,(H,17,19)(H,18,20). The van der Waals surface area contributed by atoms with Gasteiger partial charge in [-0.05, 0) is 37.3 Å². The minimum absolute atomic E-state index is 0.0252. The quantitative estimate of drug-likeness (QED) is 0.804. The molecule has 0 saturated heterocycles. The zero-order valence-electron chi connectivity index (χ0n) is 13.3. The summed E-state index contributed by atoms with van der Waals surface area (Å²) in [5.41, 5.74) is 1.74. The summed E-state index contributed by atoms with van der Waals surface area (Å²) in [7, 11) is 0. The van der Waals surface area contributed by atoms with Crippen molar-refractivity contribution < 1.29 is 4.79 Å². The van der Waals surface area contributed by atoms with Crippen molar-refractivity contribution in [2.24, 2.45) is 5.41 Å². The van der Waals surface area contributed by atoms with Gasteiger partial charge in [-0.25, -0.2) is 4.98 Å². The van der Waals surface area contributed by atoms with Crippen LogP contribution in [0.4, 0.5) is 5.82 Å². The second-order valence-electron chi connectivity index (χ2n) is 5.82. The van der Waals surface area contributed by atoms with Gasteiger partial charge < -0.3 is 10.6 Å². The molecule has 0 aliphatic carbocycles. The molecular weight excluding hydrogens is 250 g/mol. The number of amides is 1. The van der Waals surface area contributed by atoms with Crippen molar-refractivity contribution in [3.63, 3.8) is 0 Å². The van der Waals surface area contributed by atoms with E-state index in [1.165, 1.54) is 0 Å². The van der Waals surface area contributed by atoms with E-state index in [1.54, 1.807) is 0 Å². The van der Waals surface area contributed by atoms with Gasteiger partial charge in [0.15, 0.2) is 0 Å². The summed E-state index contributed by atoms with van der Waals surface area (Å²) in [6.45, 7) is 12.0. The molecule has 0 aromatic carbocycles. The van der Waals surface area contributed by atoms with Gasteiger partial charge in [0, 0.05) is 24.3 Å². The highest BCUT2D eigenvalue weighted by atomic mass is 16.1. The van der Waals surface area contributed by atoms with Crippen molar-refractivity contribution >= 4 is 11.7 Å². The van der Waals surface area contributed by atoms with Crippen molar-refractivity contribution in [2.45, 2.75) is 47.5 Å². The van der Waals surface area contributed by atoms with E-state index in [0.29, 0.717) is 12.1 Å². The SMILES string of the molecule is CCNc1cc(C(=O)NCC(C)(C)CC)cc(CC)n1. The Morgan fingerprint density at radius 3 is 2.50 bits per heavy atom. The van der Waals surface area contributed by atoms with Crippen molar-refractivity contribution in [3.8, 4) is 0 Å². The van der Waals surface area contributed by atoms with Crippen LogP contribution in [0.1, 0.15) is 57.1 Å². The van der Waals surface area contributed by atoms with Gasteiger partial charge in [0.1, 0.15) is 5.82 Å². The molecule has 0 atom stereocenters. The van der Waals surface area contributed by atoms with Gasteiger partial charge in [0.05, 0.1) is 0 Å². The maximum absolute atomic E-state index is 12.3. The van der Waals surface area contributed by atoms with Gasteiger partial charge in [0.2, 0.25) is 0 Å². The molecule has 0 aliphatic heterocycles. The first-order valence-corrected chi connectivity index (χ1v) is 7.45. The number of carbonyl (C=O) groups is 1. The number of aromatic nitrogens is 1. The Balaban J connectivity index is 2.83. The number of carbonyl (C=O) groups excluding carboxylic acids is 1. The summed E-state index contributed by atoms with van der Waals surface area (Å²) in [4.78, 5) is 16.7. The summed E-state index contributed by atoms with van der Waals surface area (Å²) < 4.78 is 0. The van der Waals surface area contributed by atoms with Gasteiger partial charge >= 0.3 is 0 Å². The molecule has 0 spiro atoms. The third-order valence-corrected chi connectivity index (χ3v) is 3.55. The van der Waals surface area contributed by atoms with Crippen LogP contribution in [0.2, 0.25) is 0 Å². The number of rotatable bonds is 7. The van der Waals surface area contributed by atoms with Crippen LogP contribution < -0.4 is 10.6 Å². The molecule has 4 heteroatoms. The molecule has 1 rings (SSSR count). The van der Waals surface area contributed by atoms with Gasteiger partial charge in [-0.3, -0.25) is 4.79 Å². The average Bonchev–Trinajstić information content (AvgIpc) is 2.44. The van der Waals surface area contributed by atoms with E-state index in [0.717, 1.165) is 30.9 Å². The van der Waals surface area contributed by atoms with E-state index in [-0.39, 0.29) is 11.3 Å². The summed E-state index contributed by atoms with van der Waals surface area (Å²) in [6, 6.07) is 3.69. The molecule has 20 heavy (non-hydrogen) atoms. The number of anilines is 1. The number of nitrogens with zero attached hydrogens (tertiary/aromatic N) is 1. The first-order valence-electron chi connectivity index (χ1n) is 7.45. The Morgan fingerprint density at radius 2 is 1.95 bits per heavy atom. The smallest absolute Gasteiger partial charge is 0.251 e. The van der Waals surface area contributed by atoms with Gasteiger partial charge in [-0.1, -0.05) is 27.7 Å². The fourth-order valence-electron chi connectivity index (χ4n) is 1.72. The van der Waals surface area contributed by atoms with Crippen LogP contribution in [0.15, 0.2) is 12.1 Å². The Hall–Kier alpha value is -1.58. The molecule has 0 saturated carbocycles. The normalized spacial score (nSPS) is 11.2. The Kier molecular flexibility index (Phi) is 5.99. The summed E-state index contributed by atoms with van der Waals surface area (Å²) in [6.07, 6.45) is 1.85. The molecule has 1 aromatic rings. The first-order chi connectivity index (χ1) is 9.41. The van der Waals surface area contributed by atoms with Crippen LogP contribution in [0, 0.1) is 5.41 Å². The molecule has 1 aromatic heterocycles. The minimum Gasteiger partial charge on any atom is -0.370 e. The molecule has 112 valence electrons. The highest BCUT2D eigenvalue weighted by Crippen LogP contribution is 2.18. The molecule has 1 heterocycles. The lowest BCUT2D eigenvalue weighted by Gasteiger charge is -2.23. The fraction of sp³-hybridized carbons (Fsp3) is 0.625. The largest absolute Gasteiger partial charge is 0.370 e. The number of pyridine rings is 1. The third kappa shape index (κ3) is 4.83. The molecule has 0 bridgehead atoms. The van der Waals surface area contributed by atoms with Crippen LogP contribution >= 0.6 is 0 Å². The zero-order chi connectivity index (χ0) is 15.2. The number of aryl methyl sites for hydroxylation is 1. The maximum atomic E-state index is 12.3. The van der Waals surface area contributed by atoms with E-state index < -0.39 is 0 Å². The summed E-state index contributed by atoms with van der Waals surface area (Å²) in [5.74, 6) is 0.745. The predicted molar refractivity (Wildman–Crippen MR) is 84.2 cm³/mol. The van der Waals surface area contributed by atoms with E-state index in [1.807, 2.05) is 26.0 Å². The summed E-state index contributed by atoms with van der Waals surface area (Å²) >= 11 is 0. The second-order valence-corrected chi connectivity index (χ2v) is 5.82. The van der Waals surface area contributed by atoms with E-state index >= 15 is 0 Å². The number of nitrogens with one attached hydrogen (secondary N) is 2. The molecule has 4 nitrogen and oxygen atoms in total. The van der Waals surface area contributed by atoms with Crippen LogP contribution in [-0.2, 0) is 6.42 Å². The third-order valence-electron chi connectivity index (χ3n) is 3.55. The van der Waals surface area contributed by atoms with Crippen molar-refractivity contribution in [2.75, 3.05) is 18.4 Å². The molecule has 0 aliphatic rings. The van der Waals surface area contributed by atoms with Gasteiger partial charge in [0.25, 0.3) is 5.91 Å². The molecule has 0 unspecified atom stereocenters. The monoisotopic (exact) mass is 277 g/mol. The molecule has 0 radical (unpaired) electrons. The predicted octanol–water partition coefficient (Wildman–Crippen LogP) is 3.24. The fourth-order valence-corrected chi connectivity index (χ4v) is 1.72. The Labute approximate surface area is 122 Å². The highest BCUT2D eigenvalue weighted by molar-refractivity contribution is 5.95. The number of hydrogen-bond donors (Lipinski definition) is 2. The van der Waals surface area contributed by atoms with Crippen LogP contribution in [0.25, 0.3) is 0 Å². The van der Waals surface area contributed by atoms with Crippen LogP contribution in [0.5, 0.6) is 0 Å². The number of hydrogen-bond acceptors (Lipinski definition) is 3. The summed E-state index contributed by atoms with van der Waals surface area (Å²) in [5, 5.41) is 6.19. The van der Waals surface area contributed by atoms with Crippen molar-refractivity contribution in [1.82, 2.24) is 10.3 Å². The topological polar surface area (TPSA) is 54.0 Å². The molecule has 0 fully saturated rings. The highest BCUT2D eigenvalue weighted by Gasteiger charge is 2.17. The van der Waals surface area contributed by atoms with E-state index in [2.05, 4.69) is 36.4 Å². The van der Waals surface area contributed by atoms with Crippen LogP contribution in [0.3, 0.4) is 0 Å². The van der Waals surface area contributed by atoms with Crippen molar-refractivity contribution in [3.05, 3.63) is 23.4 Å². The minimum atomic E-state index is -0.0252. The lowest BCUT2D eigenvalue weighted by atomic mass is 9.90. The van der Waals surface area contributed by atoms with Crippen molar-refractivity contribution in [1.29, 1.82) is 0 Å². The van der Waals surface area contributed by atoms with Gasteiger partial charge in [-0.15, -0.1) is 0 Å². The second kappa shape index (κ2) is 7.27. The zero-order valence-corrected chi connectivity index (χ0v) is 13.3. The molecule has 2 N–H and O–H groups in total. The van der Waals surface area contributed by atoms with E-state index in [9.17, 15) is 4.79 Å². The lowest BCUT2D eigenvalue weighted by Crippen LogP contribution is -2.33. The first kappa shape index (κ1) is 16.5. The maximum Gasteiger partial charge on any atom is 0.251 e. The molecular formula is C16H27N3O. The van der Waals surface area contributed by atoms with Gasteiger partial charge in [-0.2, -0.15) is 0 Å². The van der Waals surface area contributed by atoms with Crippen LogP contribution in [-0.4, -0.2) is 24.0 Å². The Bertz CT molecular complexity index is 455. The van der Waals surface area contributed by atoms with E-state index in [4.69, 9.17) is 0 Å². The lowest BCUT2D eigenvalue weighted by molar-refractivity contribution is 0.0935.